The molecule has 0 aliphatic carbocycles. The number of carbonyl (C=O) groups is 1. The van der Waals surface area contributed by atoms with E-state index in [-0.39, 0.29) is 18.7 Å². The molecule has 0 spiro atoms. The van der Waals surface area contributed by atoms with Gasteiger partial charge in [0.25, 0.3) is 0 Å². The second kappa shape index (κ2) is 10.3. The topological polar surface area (TPSA) is 83.3 Å². The van der Waals surface area contributed by atoms with Gasteiger partial charge in [0.2, 0.25) is 6.41 Å². The molecule has 3 heterocycles. The summed E-state index contributed by atoms with van der Waals surface area (Å²) in [5.74, 6) is 0.788. The molecular formula is C28H31N5O2. The molecular weight excluding hydrogens is 438 g/mol. The van der Waals surface area contributed by atoms with E-state index >= 15 is 0 Å². The Kier molecular flexibility index (Phi) is 6.77. The summed E-state index contributed by atoms with van der Waals surface area (Å²) in [5.41, 5.74) is 5.24. The highest BCUT2D eigenvalue weighted by Gasteiger charge is 2.26. The first kappa shape index (κ1) is 23.1. The SMILES string of the molecule is CC(Nc1ncnc2ccc(-n3cc(CCO)c(C4CCCCN4C=O)c3)cc12)c1ccccc1. The highest BCUT2D eigenvalue weighted by Crippen LogP contribution is 2.34. The second-order valence-corrected chi connectivity index (χ2v) is 9.17. The number of hydrogen-bond acceptors (Lipinski definition) is 5. The van der Waals surface area contributed by atoms with Gasteiger partial charge >= 0.3 is 0 Å². The molecule has 2 aromatic carbocycles. The van der Waals surface area contributed by atoms with Gasteiger partial charge in [-0.05, 0) is 67.5 Å². The van der Waals surface area contributed by atoms with Gasteiger partial charge in [-0.1, -0.05) is 30.3 Å². The van der Waals surface area contributed by atoms with Crippen molar-refractivity contribution in [2.45, 2.75) is 44.7 Å². The molecule has 1 saturated heterocycles. The predicted molar refractivity (Wildman–Crippen MR) is 137 cm³/mol. The average Bonchev–Trinajstić information content (AvgIpc) is 3.33. The number of anilines is 1. The number of carbonyl (C=O) groups excluding carboxylic acids is 1. The van der Waals surface area contributed by atoms with E-state index in [0.717, 1.165) is 65.8 Å². The Balaban J connectivity index is 1.51. The maximum absolute atomic E-state index is 11.7. The standard InChI is InChI=1S/C28H31N5O2/c1-20(21-7-3-2-4-8-21)31-28-24-15-23(10-11-26(24)29-18-30-28)33-16-22(12-14-34)25(17-33)27-9-5-6-13-32(27)19-35/h2-4,7-8,10-11,15-20,27,34H,5-6,9,12-14H2,1H3,(H,29,30,31). The minimum atomic E-state index is 0.0526. The summed E-state index contributed by atoms with van der Waals surface area (Å²) in [6, 6.07) is 16.6. The molecule has 1 amide bonds. The lowest BCUT2D eigenvalue weighted by molar-refractivity contribution is -0.121. The van der Waals surface area contributed by atoms with E-state index in [2.05, 4.69) is 57.4 Å². The number of fused-ring (bicyclic) bond motifs is 1. The lowest BCUT2D eigenvalue weighted by atomic mass is 9.94. The lowest BCUT2D eigenvalue weighted by Crippen LogP contribution is -2.32. The van der Waals surface area contributed by atoms with E-state index in [1.165, 1.54) is 5.56 Å². The number of rotatable bonds is 8. The van der Waals surface area contributed by atoms with Gasteiger partial charge in [0, 0.05) is 42.7 Å². The van der Waals surface area contributed by atoms with Crippen molar-refractivity contribution in [3.63, 3.8) is 0 Å². The highest BCUT2D eigenvalue weighted by atomic mass is 16.3. The molecule has 7 heteroatoms. The Bertz CT molecular complexity index is 1300. The third kappa shape index (κ3) is 4.77. The van der Waals surface area contributed by atoms with E-state index in [1.807, 2.05) is 35.2 Å². The molecule has 2 N–H and O–H groups in total. The minimum Gasteiger partial charge on any atom is -0.396 e. The fraction of sp³-hybridized carbons (Fsp3) is 0.321. The van der Waals surface area contributed by atoms with Crippen molar-refractivity contribution in [1.29, 1.82) is 0 Å². The van der Waals surface area contributed by atoms with Gasteiger partial charge in [-0.2, -0.15) is 0 Å². The van der Waals surface area contributed by atoms with E-state index in [0.29, 0.717) is 6.42 Å². The first-order valence-corrected chi connectivity index (χ1v) is 12.3. The van der Waals surface area contributed by atoms with Gasteiger partial charge in [-0.25, -0.2) is 9.97 Å². The number of aliphatic hydroxyl groups excluding tert-OH is 1. The number of nitrogens with one attached hydrogen (secondary N) is 1. The third-order valence-corrected chi connectivity index (χ3v) is 6.93. The van der Waals surface area contributed by atoms with Gasteiger partial charge in [0.05, 0.1) is 11.6 Å². The number of hydrogen-bond donors (Lipinski definition) is 2. The summed E-state index contributed by atoms with van der Waals surface area (Å²) in [5, 5.41) is 14.2. The van der Waals surface area contributed by atoms with Crippen LogP contribution in [0.2, 0.25) is 0 Å². The molecule has 0 radical (unpaired) electrons. The van der Waals surface area contributed by atoms with E-state index in [9.17, 15) is 9.90 Å². The van der Waals surface area contributed by atoms with Crippen molar-refractivity contribution >= 4 is 23.1 Å². The fourth-order valence-corrected chi connectivity index (χ4v) is 5.06. The van der Waals surface area contributed by atoms with Crippen molar-refractivity contribution in [1.82, 2.24) is 19.4 Å². The van der Waals surface area contributed by atoms with E-state index in [4.69, 9.17) is 0 Å². The van der Waals surface area contributed by atoms with Crippen LogP contribution in [0.15, 0.2) is 67.3 Å². The van der Waals surface area contributed by atoms with Crippen LogP contribution in [-0.4, -0.2) is 44.1 Å². The van der Waals surface area contributed by atoms with E-state index in [1.54, 1.807) is 6.33 Å². The predicted octanol–water partition coefficient (Wildman–Crippen LogP) is 4.81. The van der Waals surface area contributed by atoms with Crippen LogP contribution in [0, 0.1) is 0 Å². The average molecular weight is 470 g/mol. The van der Waals surface area contributed by atoms with Crippen LogP contribution in [0.5, 0.6) is 0 Å². The Hall–Kier alpha value is -3.71. The molecule has 0 bridgehead atoms. The zero-order valence-electron chi connectivity index (χ0n) is 20.0. The Labute approximate surface area is 205 Å². The van der Waals surface area contributed by atoms with Crippen molar-refractivity contribution in [2.75, 3.05) is 18.5 Å². The molecule has 1 aliphatic rings. The number of piperidine rings is 1. The zero-order valence-corrected chi connectivity index (χ0v) is 20.0. The van der Waals surface area contributed by atoms with Gasteiger partial charge in [-0.3, -0.25) is 4.79 Å². The summed E-state index contributed by atoms with van der Waals surface area (Å²) in [7, 11) is 0. The molecule has 35 heavy (non-hydrogen) atoms. The maximum atomic E-state index is 11.7. The van der Waals surface area contributed by atoms with Gasteiger partial charge < -0.3 is 19.9 Å². The molecule has 0 saturated carbocycles. The van der Waals surface area contributed by atoms with Crippen molar-refractivity contribution < 1.29 is 9.90 Å². The summed E-state index contributed by atoms with van der Waals surface area (Å²) in [6.45, 7) is 2.97. The molecule has 2 atom stereocenters. The number of benzene rings is 2. The number of aromatic nitrogens is 3. The summed E-state index contributed by atoms with van der Waals surface area (Å²) in [6.07, 6.45) is 10.4. The van der Waals surface area contributed by atoms with Crippen LogP contribution in [0.1, 0.15) is 55.0 Å². The summed E-state index contributed by atoms with van der Waals surface area (Å²) >= 11 is 0. The van der Waals surface area contributed by atoms with Crippen LogP contribution in [0.4, 0.5) is 5.82 Å². The van der Waals surface area contributed by atoms with E-state index < -0.39 is 0 Å². The number of amides is 1. The molecule has 180 valence electrons. The Morgan fingerprint density at radius 1 is 1.14 bits per heavy atom. The zero-order chi connectivity index (χ0) is 24.2. The van der Waals surface area contributed by atoms with Gasteiger partial charge in [0.15, 0.2) is 0 Å². The second-order valence-electron chi connectivity index (χ2n) is 9.17. The van der Waals surface area contributed by atoms with Crippen molar-refractivity contribution in [3.8, 4) is 5.69 Å². The largest absolute Gasteiger partial charge is 0.396 e. The Morgan fingerprint density at radius 3 is 2.80 bits per heavy atom. The van der Waals surface area contributed by atoms with Gasteiger partial charge in [-0.15, -0.1) is 0 Å². The molecule has 1 fully saturated rings. The molecule has 2 unspecified atom stereocenters. The van der Waals surface area contributed by atoms with Crippen LogP contribution in [0.25, 0.3) is 16.6 Å². The number of aliphatic hydroxyl groups is 1. The molecule has 2 aromatic heterocycles. The monoisotopic (exact) mass is 469 g/mol. The molecule has 5 rings (SSSR count). The highest BCUT2D eigenvalue weighted by molar-refractivity contribution is 5.90. The molecule has 4 aromatic rings. The van der Waals surface area contributed by atoms with Crippen LogP contribution >= 0.6 is 0 Å². The van der Waals surface area contributed by atoms with Crippen LogP contribution < -0.4 is 5.32 Å². The number of likely N-dealkylation sites (tertiary alicyclic amines) is 1. The first-order chi connectivity index (χ1) is 17.2. The maximum Gasteiger partial charge on any atom is 0.210 e. The Morgan fingerprint density at radius 2 is 2.00 bits per heavy atom. The van der Waals surface area contributed by atoms with Crippen LogP contribution in [0.3, 0.4) is 0 Å². The van der Waals surface area contributed by atoms with Crippen molar-refractivity contribution in [2.24, 2.45) is 0 Å². The van der Waals surface area contributed by atoms with Gasteiger partial charge in [0.1, 0.15) is 12.1 Å². The fourth-order valence-electron chi connectivity index (χ4n) is 5.06. The van der Waals surface area contributed by atoms with Crippen molar-refractivity contribution in [3.05, 3.63) is 83.9 Å². The first-order valence-electron chi connectivity index (χ1n) is 12.3. The van der Waals surface area contributed by atoms with Crippen LogP contribution in [-0.2, 0) is 11.2 Å². The molecule has 7 nitrogen and oxygen atoms in total. The normalized spacial score (nSPS) is 16.9. The number of nitrogens with zero attached hydrogens (tertiary/aromatic N) is 4. The molecule has 1 aliphatic heterocycles. The smallest absolute Gasteiger partial charge is 0.210 e. The summed E-state index contributed by atoms with van der Waals surface area (Å²) in [4.78, 5) is 22.6. The summed E-state index contributed by atoms with van der Waals surface area (Å²) < 4.78 is 2.09. The lowest BCUT2D eigenvalue weighted by Gasteiger charge is -2.33. The quantitative estimate of drug-likeness (QED) is 0.362. The third-order valence-electron chi connectivity index (χ3n) is 6.93. The minimum absolute atomic E-state index is 0.0526.